The second kappa shape index (κ2) is 5.16. The highest BCUT2D eigenvalue weighted by Gasteiger charge is 2.34. The van der Waals surface area contributed by atoms with E-state index in [-0.39, 0.29) is 17.3 Å². The number of nitrogens with zero attached hydrogens (tertiary/aromatic N) is 3. The van der Waals surface area contributed by atoms with Gasteiger partial charge >= 0.3 is 12.1 Å². The lowest BCUT2D eigenvalue weighted by Gasteiger charge is -2.23. The first-order chi connectivity index (χ1) is 8.88. The third-order valence-corrected chi connectivity index (χ3v) is 3.03. The van der Waals surface area contributed by atoms with E-state index in [1.54, 1.807) is 0 Å². The minimum Gasteiger partial charge on any atom is -0.476 e. The summed E-state index contributed by atoms with van der Waals surface area (Å²) >= 11 is 0. The second-order valence-electron chi connectivity index (χ2n) is 4.43. The molecule has 2 rings (SSSR count). The molecule has 19 heavy (non-hydrogen) atoms. The van der Waals surface area contributed by atoms with Crippen LogP contribution in [-0.4, -0.2) is 45.3 Å². The van der Waals surface area contributed by atoms with Crippen LogP contribution in [0.3, 0.4) is 0 Å². The van der Waals surface area contributed by atoms with E-state index < -0.39 is 18.7 Å². The Morgan fingerprint density at radius 2 is 2.05 bits per heavy atom. The molecule has 0 aromatic carbocycles. The number of nitrogens with one attached hydrogen (secondary N) is 1. The molecule has 2 heterocycles. The average Bonchev–Trinajstić information content (AvgIpc) is 2.71. The van der Waals surface area contributed by atoms with Gasteiger partial charge in [0.15, 0.2) is 5.69 Å². The van der Waals surface area contributed by atoms with Gasteiger partial charge in [-0.25, -0.2) is 9.48 Å². The topological polar surface area (TPSA) is 80.0 Å². The van der Waals surface area contributed by atoms with Crippen molar-refractivity contribution in [3.8, 4) is 0 Å². The Bertz CT molecular complexity index is 466. The standard InChI is InChI=1S/C10H13F3N4O2/c11-10(12,13)5-17-8(6-1-3-14-4-2-6)7(9(18)19)15-16-17/h6,14H,1-5H2,(H,18,19). The van der Waals surface area contributed by atoms with Gasteiger partial charge < -0.3 is 10.4 Å². The first kappa shape index (κ1) is 13.8. The zero-order chi connectivity index (χ0) is 14.0. The fraction of sp³-hybridized carbons (Fsp3) is 0.700. The summed E-state index contributed by atoms with van der Waals surface area (Å²) in [6, 6.07) is 0. The van der Waals surface area contributed by atoms with Gasteiger partial charge in [-0.05, 0) is 25.9 Å². The Morgan fingerprint density at radius 3 is 2.58 bits per heavy atom. The van der Waals surface area contributed by atoms with Gasteiger partial charge in [-0.15, -0.1) is 5.10 Å². The molecule has 2 N–H and O–H groups in total. The molecule has 1 aliphatic rings. The fourth-order valence-electron chi connectivity index (χ4n) is 2.26. The molecule has 0 aliphatic carbocycles. The SMILES string of the molecule is O=C(O)c1nnn(CC(F)(F)F)c1C1CCNCC1. The molecule has 0 radical (unpaired) electrons. The normalized spacial score (nSPS) is 17.6. The van der Waals surface area contributed by atoms with Gasteiger partial charge in [-0.1, -0.05) is 5.21 Å². The van der Waals surface area contributed by atoms with Gasteiger partial charge in [0.05, 0.1) is 5.69 Å². The minimum atomic E-state index is -4.45. The Labute approximate surface area is 106 Å². The van der Waals surface area contributed by atoms with Crippen molar-refractivity contribution in [2.45, 2.75) is 31.5 Å². The van der Waals surface area contributed by atoms with Crippen LogP contribution >= 0.6 is 0 Å². The molecule has 1 fully saturated rings. The quantitative estimate of drug-likeness (QED) is 0.862. The molecule has 9 heteroatoms. The first-order valence-electron chi connectivity index (χ1n) is 5.82. The number of aromatic carboxylic acids is 1. The van der Waals surface area contributed by atoms with Crippen molar-refractivity contribution in [1.29, 1.82) is 0 Å². The van der Waals surface area contributed by atoms with E-state index >= 15 is 0 Å². The summed E-state index contributed by atoms with van der Waals surface area (Å²) in [4.78, 5) is 11.0. The highest BCUT2D eigenvalue weighted by atomic mass is 19.4. The van der Waals surface area contributed by atoms with Crippen molar-refractivity contribution < 1.29 is 23.1 Å². The highest BCUT2D eigenvalue weighted by Crippen LogP contribution is 2.29. The third kappa shape index (κ3) is 3.22. The van der Waals surface area contributed by atoms with Crippen molar-refractivity contribution in [3.05, 3.63) is 11.4 Å². The lowest BCUT2D eigenvalue weighted by atomic mass is 9.93. The molecular formula is C10H13F3N4O2. The molecule has 0 atom stereocenters. The Kier molecular flexibility index (Phi) is 3.74. The van der Waals surface area contributed by atoms with Gasteiger partial charge in [0, 0.05) is 5.92 Å². The summed E-state index contributed by atoms with van der Waals surface area (Å²) in [6.45, 7) is -0.0333. The zero-order valence-corrected chi connectivity index (χ0v) is 9.94. The molecule has 1 saturated heterocycles. The van der Waals surface area contributed by atoms with E-state index in [1.165, 1.54) is 0 Å². The van der Waals surface area contributed by atoms with Crippen molar-refractivity contribution in [2.75, 3.05) is 13.1 Å². The van der Waals surface area contributed by atoms with E-state index in [2.05, 4.69) is 15.6 Å². The molecule has 0 unspecified atom stereocenters. The molecule has 1 aromatic rings. The average molecular weight is 278 g/mol. The fourth-order valence-corrected chi connectivity index (χ4v) is 2.26. The summed E-state index contributed by atoms with van der Waals surface area (Å²) in [7, 11) is 0. The van der Waals surface area contributed by atoms with Crippen LogP contribution in [0.1, 0.15) is 34.9 Å². The van der Waals surface area contributed by atoms with Crippen molar-refractivity contribution in [3.63, 3.8) is 0 Å². The van der Waals surface area contributed by atoms with Crippen LogP contribution in [0.25, 0.3) is 0 Å². The number of rotatable bonds is 3. The summed E-state index contributed by atoms with van der Waals surface area (Å²) in [6.07, 6.45) is -3.30. The van der Waals surface area contributed by atoms with E-state index in [9.17, 15) is 18.0 Å². The highest BCUT2D eigenvalue weighted by molar-refractivity contribution is 5.86. The number of hydrogen-bond acceptors (Lipinski definition) is 4. The Balaban J connectivity index is 2.35. The molecule has 1 aliphatic heterocycles. The number of carboxylic acids is 1. The smallest absolute Gasteiger partial charge is 0.408 e. The van der Waals surface area contributed by atoms with E-state index in [4.69, 9.17) is 5.11 Å². The molecular weight excluding hydrogens is 265 g/mol. The van der Waals surface area contributed by atoms with Crippen molar-refractivity contribution in [2.24, 2.45) is 0 Å². The molecule has 0 bridgehead atoms. The lowest BCUT2D eigenvalue weighted by molar-refractivity contribution is -0.143. The first-order valence-corrected chi connectivity index (χ1v) is 5.82. The van der Waals surface area contributed by atoms with Crippen LogP contribution in [0.5, 0.6) is 0 Å². The number of carbonyl (C=O) groups is 1. The van der Waals surface area contributed by atoms with Gasteiger partial charge in [-0.2, -0.15) is 13.2 Å². The van der Waals surface area contributed by atoms with Crippen LogP contribution in [0, 0.1) is 0 Å². The molecule has 1 aromatic heterocycles. The van der Waals surface area contributed by atoms with Gasteiger partial charge in [-0.3, -0.25) is 0 Å². The summed E-state index contributed by atoms with van der Waals surface area (Å²) in [5.74, 6) is -1.60. The van der Waals surface area contributed by atoms with Crippen LogP contribution in [0.15, 0.2) is 0 Å². The van der Waals surface area contributed by atoms with Gasteiger partial charge in [0.25, 0.3) is 0 Å². The number of piperidine rings is 1. The van der Waals surface area contributed by atoms with E-state index in [0.29, 0.717) is 30.6 Å². The Morgan fingerprint density at radius 1 is 1.42 bits per heavy atom. The maximum absolute atomic E-state index is 12.5. The van der Waals surface area contributed by atoms with Crippen LogP contribution in [0.2, 0.25) is 0 Å². The van der Waals surface area contributed by atoms with E-state index in [0.717, 1.165) is 0 Å². The molecule has 6 nitrogen and oxygen atoms in total. The van der Waals surface area contributed by atoms with Crippen LogP contribution < -0.4 is 5.32 Å². The monoisotopic (exact) mass is 278 g/mol. The molecule has 0 saturated carbocycles. The van der Waals surface area contributed by atoms with Crippen LogP contribution in [0.4, 0.5) is 13.2 Å². The van der Waals surface area contributed by atoms with Gasteiger partial charge in [0.1, 0.15) is 6.54 Å². The number of carboxylic acid groups (broad SMARTS) is 1. The second-order valence-corrected chi connectivity index (χ2v) is 4.43. The number of aromatic nitrogens is 3. The predicted octanol–water partition coefficient (Wildman–Crippen LogP) is 1.01. The summed E-state index contributed by atoms with van der Waals surface area (Å²) in [5.41, 5.74) is -0.303. The summed E-state index contributed by atoms with van der Waals surface area (Å²) < 4.78 is 38.0. The Hall–Kier alpha value is -1.64. The molecule has 106 valence electrons. The van der Waals surface area contributed by atoms with Crippen molar-refractivity contribution >= 4 is 5.97 Å². The predicted molar refractivity (Wildman–Crippen MR) is 57.9 cm³/mol. The minimum absolute atomic E-state index is 0.0753. The number of alkyl halides is 3. The molecule has 0 amide bonds. The zero-order valence-electron chi connectivity index (χ0n) is 9.94. The summed E-state index contributed by atoms with van der Waals surface area (Å²) in [5, 5.41) is 18.8. The molecule has 0 spiro atoms. The maximum atomic E-state index is 12.5. The third-order valence-electron chi connectivity index (χ3n) is 3.03. The largest absolute Gasteiger partial charge is 0.476 e. The maximum Gasteiger partial charge on any atom is 0.408 e. The van der Waals surface area contributed by atoms with Crippen LogP contribution in [-0.2, 0) is 6.54 Å². The van der Waals surface area contributed by atoms with Crippen molar-refractivity contribution in [1.82, 2.24) is 20.3 Å². The lowest BCUT2D eigenvalue weighted by Crippen LogP contribution is -2.30. The number of hydrogen-bond donors (Lipinski definition) is 2. The van der Waals surface area contributed by atoms with Gasteiger partial charge in [0.2, 0.25) is 0 Å². The van der Waals surface area contributed by atoms with E-state index in [1.807, 2.05) is 0 Å². The number of halogens is 3.